The molecule has 0 saturated heterocycles. The highest BCUT2D eigenvalue weighted by Crippen LogP contribution is 2.47. The van der Waals surface area contributed by atoms with E-state index in [1.807, 2.05) is 0 Å². The van der Waals surface area contributed by atoms with Crippen molar-refractivity contribution in [3.8, 4) is 11.5 Å². The number of hydrogen-bond donors (Lipinski definition) is 2. The number of phenolic OH excluding ortho intramolecular Hbond substituents is 2. The van der Waals surface area contributed by atoms with Crippen molar-refractivity contribution in [2.24, 2.45) is 0 Å². The summed E-state index contributed by atoms with van der Waals surface area (Å²) in [4.78, 5) is 24.7. The topological polar surface area (TPSA) is 74.6 Å². The number of hydrogen-bond acceptors (Lipinski definition) is 4. The zero-order valence-corrected chi connectivity index (χ0v) is 11.3. The highest BCUT2D eigenvalue weighted by Gasteiger charge is 2.36. The third kappa shape index (κ3) is 1.49. The minimum absolute atomic E-state index is 0.151. The van der Waals surface area contributed by atoms with Gasteiger partial charge in [0.1, 0.15) is 21.5 Å². The fraction of sp³-hybridized carbons (Fsp3) is 0. The van der Waals surface area contributed by atoms with Crippen LogP contribution >= 0.6 is 23.2 Å². The number of ketones is 2. The summed E-state index contributed by atoms with van der Waals surface area (Å²) in [5.74, 6) is -2.36. The lowest BCUT2D eigenvalue weighted by molar-refractivity contribution is 0.0974. The van der Waals surface area contributed by atoms with Crippen molar-refractivity contribution in [1.82, 2.24) is 0 Å². The fourth-order valence-corrected chi connectivity index (χ4v) is 2.62. The average molecular weight is 309 g/mol. The van der Waals surface area contributed by atoms with Gasteiger partial charge in [-0.25, -0.2) is 0 Å². The minimum atomic E-state index is -0.600. The Labute approximate surface area is 123 Å². The second-order valence-corrected chi connectivity index (χ2v) is 5.03. The number of fused-ring (bicyclic) bond motifs is 2. The van der Waals surface area contributed by atoms with Crippen molar-refractivity contribution in [2.45, 2.75) is 0 Å². The van der Waals surface area contributed by atoms with Gasteiger partial charge >= 0.3 is 0 Å². The molecule has 100 valence electrons. The molecule has 0 radical (unpaired) electrons. The summed E-state index contributed by atoms with van der Waals surface area (Å²) in [6, 6.07) is 6.14. The van der Waals surface area contributed by atoms with Crippen LogP contribution in [0.25, 0.3) is 0 Å². The Morgan fingerprint density at radius 2 is 1.10 bits per heavy atom. The van der Waals surface area contributed by atoms with Crippen molar-refractivity contribution < 1.29 is 19.8 Å². The molecule has 2 aromatic rings. The summed E-state index contributed by atoms with van der Waals surface area (Å²) in [5, 5.41) is 19.2. The van der Waals surface area contributed by atoms with Crippen molar-refractivity contribution in [3.05, 3.63) is 56.6 Å². The monoisotopic (exact) mass is 308 g/mol. The van der Waals surface area contributed by atoms with E-state index in [2.05, 4.69) is 0 Å². The van der Waals surface area contributed by atoms with Gasteiger partial charge in [-0.1, -0.05) is 47.5 Å². The fourth-order valence-electron chi connectivity index (χ4n) is 2.25. The van der Waals surface area contributed by atoms with E-state index in [1.54, 1.807) is 12.1 Å². The van der Waals surface area contributed by atoms with Gasteiger partial charge in [-0.15, -0.1) is 0 Å². The normalized spacial score (nSPS) is 13.1. The van der Waals surface area contributed by atoms with E-state index in [0.29, 0.717) is 0 Å². The Hall–Kier alpha value is -2.04. The lowest BCUT2D eigenvalue weighted by Gasteiger charge is -2.20. The van der Waals surface area contributed by atoms with E-state index in [-0.39, 0.29) is 32.3 Å². The third-order valence-electron chi connectivity index (χ3n) is 3.20. The molecule has 6 heteroatoms. The van der Waals surface area contributed by atoms with Crippen LogP contribution in [0.3, 0.4) is 0 Å². The summed E-state index contributed by atoms with van der Waals surface area (Å²) >= 11 is 11.5. The molecule has 2 N–H and O–H groups in total. The van der Waals surface area contributed by atoms with Gasteiger partial charge in [-0.05, 0) is 0 Å². The van der Waals surface area contributed by atoms with Crippen molar-refractivity contribution in [2.75, 3.05) is 0 Å². The molecule has 1 aliphatic rings. The number of phenols is 2. The molecule has 0 spiro atoms. The molecule has 0 saturated carbocycles. The van der Waals surface area contributed by atoms with Gasteiger partial charge in [0.15, 0.2) is 11.6 Å². The van der Waals surface area contributed by atoms with Gasteiger partial charge in [0.2, 0.25) is 0 Å². The molecule has 0 unspecified atom stereocenters. The van der Waals surface area contributed by atoms with Gasteiger partial charge in [0.05, 0.1) is 11.1 Å². The third-order valence-corrected chi connectivity index (χ3v) is 4.04. The second-order valence-electron chi connectivity index (χ2n) is 4.28. The van der Waals surface area contributed by atoms with Gasteiger partial charge in [0.25, 0.3) is 0 Å². The largest absolute Gasteiger partial charge is 0.506 e. The minimum Gasteiger partial charge on any atom is -0.506 e. The highest BCUT2D eigenvalue weighted by atomic mass is 35.5. The Morgan fingerprint density at radius 3 is 1.45 bits per heavy atom. The highest BCUT2D eigenvalue weighted by molar-refractivity contribution is 6.46. The number of aromatic hydroxyl groups is 2. The zero-order valence-electron chi connectivity index (χ0n) is 9.78. The van der Waals surface area contributed by atoms with E-state index in [0.717, 1.165) is 0 Å². The van der Waals surface area contributed by atoms with E-state index >= 15 is 0 Å². The maximum absolute atomic E-state index is 12.4. The molecule has 20 heavy (non-hydrogen) atoms. The smallest absolute Gasteiger partial charge is 0.198 e. The lowest BCUT2D eigenvalue weighted by Crippen LogP contribution is -2.21. The van der Waals surface area contributed by atoms with Gasteiger partial charge in [-0.2, -0.15) is 0 Å². The molecular formula is C14H6Cl2O4. The zero-order chi connectivity index (χ0) is 14.6. The first-order chi connectivity index (χ1) is 9.45. The van der Waals surface area contributed by atoms with Crippen LogP contribution in [0.2, 0.25) is 10.0 Å². The molecule has 0 bridgehead atoms. The molecule has 0 heterocycles. The summed E-state index contributed by atoms with van der Waals surface area (Å²) in [6.45, 7) is 0. The summed E-state index contributed by atoms with van der Waals surface area (Å²) < 4.78 is 0. The van der Waals surface area contributed by atoms with Gasteiger partial charge < -0.3 is 10.2 Å². The van der Waals surface area contributed by atoms with Crippen molar-refractivity contribution >= 4 is 34.8 Å². The van der Waals surface area contributed by atoms with E-state index in [9.17, 15) is 19.8 Å². The standard InChI is InChI=1S/C14H6Cl2O4/c15-9-10(16)14(20)8-7(13(9)19)11(17)5-3-1-2-4-6(5)12(8)18/h1-4,19-20H. The Kier molecular flexibility index (Phi) is 2.74. The lowest BCUT2D eigenvalue weighted by atomic mass is 9.83. The first kappa shape index (κ1) is 13.0. The van der Waals surface area contributed by atoms with E-state index in [1.165, 1.54) is 12.1 Å². The molecule has 4 nitrogen and oxygen atoms in total. The van der Waals surface area contributed by atoms with E-state index in [4.69, 9.17) is 23.2 Å². The van der Waals surface area contributed by atoms with Crippen LogP contribution in [-0.2, 0) is 0 Å². The van der Waals surface area contributed by atoms with Gasteiger partial charge in [0, 0.05) is 11.1 Å². The SMILES string of the molecule is O=C1c2ccccc2C(=O)c2c(O)c(Cl)c(Cl)c(O)c21. The van der Waals surface area contributed by atoms with Crippen LogP contribution < -0.4 is 0 Å². The Morgan fingerprint density at radius 1 is 0.750 bits per heavy atom. The number of benzene rings is 2. The quantitative estimate of drug-likeness (QED) is 0.625. The van der Waals surface area contributed by atoms with Gasteiger partial charge in [-0.3, -0.25) is 9.59 Å². The molecule has 0 fully saturated rings. The molecule has 3 rings (SSSR count). The molecular weight excluding hydrogens is 303 g/mol. The van der Waals surface area contributed by atoms with Crippen LogP contribution in [-0.4, -0.2) is 21.8 Å². The Balaban J connectivity index is 2.46. The molecule has 1 aliphatic carbocycles. The average Bonchev–Trinajstić information content (AvgIpc) is 2.46. The van der Waals surface area contributed by atoms with E-state index < -0.39 is 23.1 Å². The van der Waals surface area contributed by atoms with Crippen molar-refractivity contribution in [1.29, 1.82) is 0 Å². The molecule has 0 amide bonds. The predicted molar refractivity (Wildman–Crippen MR) is 73.1 cm³/mol. The van der Waals surface area contributed by atoms with Crippen LogP contribution in [0.1, 0.15) is 31.8 Å². The summed E-state index contributed by atoms with van der Waals surface area (Å²) in [5.41, 5.74) is -0.336. The number of carbonyl (C=O) groups excluding carboxylic acids is 2. The molecule has 2 aromatic carbocycles. The van der Waals surface area contributed by atoms with Crippen LogP contribution in [0, 0.1) is 0 Å². The van der Waals surface area contributed by atoms with Crippen molar-refractivity contribution in [3.63, 3.8) is 0 Å². The number of carbonyl (C=O) groups is 2. The number of rotatable bonds is 0. The van der Waals surface area contributed by atoms with Crippen LogP contribution in [0.5, 0.6) is 11.5 Å². The first-order valence-corrected chi connectivity index (χ1v) is 6.32. The maximum atomic E-state index is 12.4. The summed E-state index contributed by atoms with van der Waals surface area (Å²) in [7, 11) is 0. The second kappa shape index (κ2) is 4.23. The molecule has 0 aromatic heterocycles. The first-order valence-electron chi connectivity index (χ1n) is 5.56. The molecule has 0 aliphatic heterocycles. The summed E-state index contributed by atoms with van der Waals surface area (Å²) in [6.07, 6.45) is 0. The van der Waals surface area contributed by atoms with Crippen LogP contribution in [0.15, 0.2) is 24.3 Å². The Bertz CT molecular complexity index is 730. The number of halogens is 2. The maximum Gasteiger partial charge on any atom is 0.198 e. The van der Waals surface area contributed by atoms with Crippen LogP contribution in [0.4, 0.5) is 0 Å². The predicted octanol–water partition coefficient (Wildman–Crippen LogP) is 3.18. The molecule has 0 atom stereocenters.